The highest BCUT2D eigenvalue weighted by Gasteiger charge is 2.44. The van der Waals surface area contributed by atoms with E-state index in [-0.39, 0.29) is 29.2 Å². The summed E-state index contributed by atoms with van der Waals surface area (Å²) in [6.45, 7) is 0. The van der Waals surface area contributed by atoms with E-state index in [2.05, 4.69) is 10.3 Å². The second-order valence-electron chi connectivity index (χ2n) is 6.52. The maximum atomic E-state index is 13.7. The average Bonchev–Trinajstić information content (AvgIpc) is 3.47. The first-order chi connectivity index (χ1) is 13.0. The molecule has 0 saturated heterocycles. The first-order valence-corrected chi connectivity index (χ1v) is 8.49. The predicted molar refractivity (Wildman–Crippen MR) is 95.5 cm³/mol. The molecule has 6 heteroatoms. The van der Waals surface area contributed by atoms with E-state index in [4.69, 9.17) is 0 Å². The van der Waals surface area contributed by atoms with Gasteiger partial charge >= 0.3 is 0 Å². The van der Waals surface area contributed by atoms with Crippen LogP contribution in [0.3, 0.4) is 0 Å². The third-order valence-corrected chi connectivity index (χ3v) is 4.69. The van der Waals surface area contributed by atoms with E-state index in [1.54, 1.807) is 18.3 Å². The van der Waals surface area contributed by atoms with E-state index in [9.17, 15) is 18.0 Å². The van der Waals surface area contributed by atoms with Crippen molar-refractivity contribution in [2.45, 2.75) is 12.3 Å². The molecule has 1 heterocycles. The van der Waals surface area contributed by atoms with Gasteiger partial charge in [-0.2, -0.15) is 0 Å². The molecule has 27 heavy (non-hydrogen) atoms. The van der Waals surface area contributed by atoms with Crippen LogP contribution in [0.1, 0.15) is 17.9 Å². The minimum absolute atomic E-state index is 0.00334. The molecule has 1 saturated carbocycles. The summed E-state index contributed by atoms with van der Waals surface area (Å²) in [6.07, 6.45) is 2.32. The molecule has 2 unspecified atom stereocenters. The molecule has 1 N–H and O–H groups in total. The van der Waals surface area contributed by atoms with Crippen LogP contribution in [-0.2, 0) is 4.79 Å². The Balaban J connectivity index is 1.43. The Morgan fingerprint density at radius 3 is 2.48 bits per heavy atom. The summed E-state index contributed by atoms with van der Waals surface area (Å²) in [5.74, 6) is -3.01. The third-order valence-electron chi connectivity index (χ3n) is 4.69. The Hall–Kier alpha value is -3.15. The molecular formula is C21H15F3N2O. The Morgan fingerprint density at radius 2 is 1.78 bits per heavy atom. The number of carbonyl (C=O) groups excluding carboxylic acids is 1. The SMILES string of the molecule is O=C(Nc1cccc(F)c1F)C1CC1c1ccc(-c2ccc(F)cc2)nc1. The van der Waals surface area contributed by atoms with E-state index in [1.165, 1.54) is 24.3 Å². The van der Waals surface area contributed by atoms with Gasteiger partial charge in [0.2, 0.25) is 5.91 Å². The van der Waals surface area contributed by atoms with Gasteiger partial charge in [-0.05, 0) is 60.4 Å². The average molecular weight is 368 g/mol. The normalized spacial score (nSPS) is 18.2. The fraction of sp³-hybridized carbons (Fsp3) is 0.143. The highest BCUT2D eigenvalue weighted by molar-refractivity contribution is 5.95. The molecule has 3 nitrogen and oxygen atoms in total. The van der Waals surface area contributed by atoms with Crippen molar-refractivity contribution in [1.82, 2.24) is 4.98 Å². The summed E-state index contributed by atoms with van der Waals surface area (Å²) in [7, 11) is 0. The molecule has 1 aliphatic carbocycles. The molecule has 3 aromatic rings. The van der Waals surface area contributed by atoms with Crippen LogP contribution in [0.25, 0.3) is 11.3 Å². The quantitative estimate of drug-likeness (QED) is 0.711. The molecule has 0 aliphatic heterocycles. The van der Waals surface area contributed by atoms with Gasteiger partial charge in [-0.1, -0.05) is 12.1 Å². The van der Waals surface area contributed by atoms with E-state index < -0.39 is 11.6 Å². The Morgan fingerprint density at radius 1 is 1.00 bits per heavy atom. The number of benzene rings is 2. The molecule has 0 spiro atoms. The van der Waals surface area contributed by atoms with Gasteiger partial charge in [-0.25, -0.2) is 13.2 Å². The van der Waals surface area contributed by atoms with Crippen LogP contribution in [0.15, 0.2) is 60.8 Å². The minimum atomic E-state index is -1.06. The van der Waals surface area contributed by atoms with Crippen LogP contribution in [0, 0.1) is 23.4 Å². The van der Waals surface area contributed by atoms with E-state index in [0.29, 0.717) is 12.1 Å². The van der Waals surface area contributed by atoms with Crippen molar-refractivity contribution in [2.24, 2.45) is 5.92 Å². The molecule has 0 bridgehead atoms. The molecule has 1 fully saturated rings. The molecule has 1 aromatic heterocycles. The topological polar surface area (TPSA) is 42.0 Å². The number of carbonyl (C=O) groups is 1. The lowest BCUT2D eigenvalue weighted by atomic mass is 10.1. The van der Waals surface area contributed by atoms with Gasteiger partial charge in [-0.15, -0.1) is 0 Å². The number of nitrogens with zero attached hydrogens (tertiary/aromatic N) is 1. The number of anilines is 1. The first-order valence-electron chi connectivity index (χ1n) is 8.49. The van der Waals surface area contributed by atoms with Crippen LogP contribution in [0.5, 0.6) is 0 Å². The number of pyridine rings is 1. The number of nitrogens with one attached hydrogen (secondary N) is 1. The van der Waals surface area contributed by atoms with E-state index in [0.717, 1.165) is 17.2 Å². The lowest BCUT2D eigenvalue weighted by Gasteiger charge is -2.07. The predicted octanol–water partition coefficient (Wildman–Crippen LogP) is 4.91. The highest BCUT2D eigenvalue weighted by atomic mass is 19.2. The van der Waals surface area contributed by atoms with Gasteiger partial charge in [0.25, 0.3) is 0 Å². The van der Waals surface area contributed by atoms with Crippen molar-refractivity contribution in [2.75, 3.05) is 5.32 Å². The summed E-state index contributed by atoms with van der Waals surface area (Å²) < 4.78 is 39.9. The summed E-state index contributed by atoms with van der Waals surface area (Å²) in [4.78, 5) is 16.7. The molecule has 2 aromatic carbocycles. The molecule has 4 rings (SSSR count). The van der Waals surface area contributed by atoms with Crippen LogP contribution >= 0.6 is 0 Å². The zero-order chi connectivity index (χ0) is 19.0. The monoisotopic (exact) mass is 368 g/mol. The van der Waals surface area contributed by atoms with Crippen molar-refractivity contribution < 1.29 is 18.0 Å². The lowest BCUT2D eigenvalue weighted by molar-refractivity contribution is -0.117. The van der Waals surface area contributed by atoms with Gasteiger partial charge in [0.15, 0.2) is 11.6 Å². The Kier molecular flexibility index (Phi) is 4.39. The van der Waals surface area contributed by atoms with Crippen molar-refractivity contribution in [1.29, 1.82) is 0 Å². The summed E-state index contributed by atoms with van der Waals surface area (Å²) in [5.41, 5.74) is 2.26. The lowest BCUT2D eigenvalue weighted by Crippen LogP contribution is -2.16. The van der Waals surface area contributed by atoms with Crippen LogP contribution in [0.2, 0.25) is 0 Å². The van der Waals surface area contributed by atoms with Crippen LogP contribution in [-0.4, -0.2) is 10.9 Å². The summed E-state index contributed by atoms with van der Waals surface area (Å²) in [6, 6.07) is 13.4. The second kappa shape index (κ2) is 6.87. The van der Waals surface area contributed by atoms with Gasteiger partial charge in [0.05, 0.1) is 11.4 Å². The molecule has 0 radical (unpaired) electrons. The summed E-state index contributed by atoms with van der Waals surface area (Å²) >= 11 is 0. The van der Waals surface area contributed by atoms with Crippen molar-refractivity contribution in [3.05, 3.63) is 83.8 Å². The molecule has 1 amide bonds. The number of rotatable bonds is 4. The molecule has 2 atom stereocenters. The number of hydrogen-bond acceptors (Lipinski definition) is 2. The standard InChI is InChI=1S/C21H15F3N2O/c22-14-7-4-12(5-8-14)18-9-6-13(11-25-18)15-10-16(15)21(27)26-19-3-1-2-17(23)20(19)24/h1-9,11,15-16H,10H2,(H,26,27). The second-order valence-corrected chi connectivity index (χ2v) is 6.52. The maximum absolute atomic E-state index is 13.7. The van der Waals surface area contributed by atoms with Crippen LogP contribution < -0.4 is 5.32 Å². The van der Waals surface area contributed by atoms with Gasteiger partial charge < -0.3 is 5.32 Å². The molecule has 1 aliphatic rings. The number of amides is 1. The largest absolute Gasteiger partial charge is 0.323 e. The van der Waals surface area contributed by atoms with Crippen molar-refractivity contribution >= 4 is 11.6 Å². The minimum Gasteiger partial charge on any atom is -0.323 e. The zero-order valence-electron chi connectivity index (χ0n) is 14.1. The number of aromatic nitrogens is 1. The van der Waals surface area contributed by atoms with Gasteiger partial charge in [0, 0.05) is 17.7 Å². The van der Waals surface area contributed by atoms with Crippen LogP contribution in [0.4, 0.5) is 18.9 Å². The smallest absolute Gasteiger partial charge is 0.228 e. The fourth-order valence-electron chi connectivity index (χ4n) is 3.09. The first kappa shape index (κ1) is 17.3. The maximum Gasteiger partial charge on any atom is 0.228 e. The van der Waals surface area contributed by atoms with Gasteiger partial charge in [-0.3, -0.25) is 9.78 Å². The zero-order valence-corrected chi connectivity index (χ0v) is 14.1. The fourth-order valence-corrected chi connectivity index (χ4v) is 3.09. The number of hydrogen-bond donors (Lipinski definition) is 1. The highest BCUT2D eigenvalue weighted by Crippen LogP contribution is 2.48. The van der Waals surface area contributed by atoms with Crippen molar-refractivity contribution in [3.63, 3.8) is 0 Å². The van der Waals surface area contributed by atoms with E-state index >= 15 is 0 Å². The Bertz CT molecular complexity index is 987. The third kappa shape index (κ3) is 3.56. The summed E-state index contributed by atoms with van der Waals surface area (Å²) in [5, 5.41) is 2.45. The molecule has 136 valence electrons. The van der Waals surface area contributed by atoms with Gasteiger partial charge in [0.1, 0.15) is 5.82 Å². The Labute approximate surface area is 153 Å². The number of halogens is 3. The van der Waals surface area contributed by atoms with Crippen molar-refractivity contribution in [3.8, 4) is 11.3 Å². The van der Waals surface area contributed by atoms with E-state index in [1.807, 2.05) is 12.1 Å². The molecular weight excluding hydrogens is 353 g/mol.